The molecule has 3 nitrogen and oxygen atoms in total. The Morgan fingerprint density at radius 1 is 1.08 bits per heavy atom. The Bertz CT molecular complexity index is 719. The lowest BCUT2D eigenvalue weighted by Gasteiger charge is -2.19. The van der Waals surface area contributed by atoms with Crippen LogP contribution in [0.15, 0.2) is 36.4 Å². The van der Waals surface area contributed by atoms with Gasteiger partial charge < -0.3 is 10.6 Å². The second-order valence-electron chi connectivity index (χ2n) is 6.59. The van der Waals surface area contributed by atoms with Crippen LogP contribution in [0.25, 0.3) is 0 Å². The third-order valence-electron chi connectivity index (χ3n) is 4.29. The summed E-state index contributed by atoms with van der Waals surface area (Å²) in [6, 6.07) is 11.9. The Balaban J connectivity index is 2.05. The van der Waals surface area contributed by atoms with Crippen molar-refractivity contribution in [1.29, 1.82) is 0 Å². The molecule has 128 valence electrons. The van der Waals surface area contributed by atoms with Gasteiger partial charge in [-0.15, -0.1) is 0 Å². The Kier molecular flexibility index (Phi) is 6.03. The first kappa shape index (κ1) is 18.5. The van der Waals surface area contributed by atoms with E-state index in [9.17, 15) is 4.79 Å². The number of hydrogen-bond acceptors (Lipinski definition) is 1. The van der Waals surface area contributed by atoms with E-state index in [1.165, 1.54) is 5.56 Å². The van der Waals surface area contributed by atoms with Crippen molar-refractivity contribution in [1.82, 2.24) is 0 Å². The van der Waals surface area contributed by atoms with E-state index < -0.39 is 0 Å². The highest BCUT2D eigenvalue weighted by Crippen LogP contribution is 2.22. The molecule has 3 N–H and O–H groups in total. The van der Waals surface area contributed by atoms with Gasteiger partial charge in [-0.25, -0.2) is 0 Å². The number of halogens is 1. The summed E-state index contributed by atoms with van der Waals surface area (Å²) in [5, 5.41) is 5.85. The maximum Gasteiger partial charge on any atom is 0.282 e. The Morgan fingerprint density at radius 3 is 2.29 bits per heavy atom. The molecule has 2 atom stereocenters. The number of benzene rings is 2. The minimum atomic E-state index is -0.195. The zero-order valence-corrected chi connectivity index (χ0v) is 15.7. The minimum Gasteiger partial charge on any atom is -0.330 e. The molecule has 0 aliphatic heterocycles. The molecule has 0 saturated heterocycles. The Labute approximate surface area is 149 Å². The number of nitrogens with two attached hydrogens (primary N) is 1. The van der Waals surface area contributed by atoms with Crippen molar-refractivity contribution in [2.24, 2.45) is 0 Å². The number of aryl methyl sites for hydroxylation is 3. The van der Waals surface area contributed by atoms with E-state index in [0.717, 1.165) is 27.4 Å². The number of quaternary nitrogens is 1. The Hall–Kier alpha value is -1.84. The van der Waals surface area contributed by atoms with Gasteiger partial charge in [-0.1, -0.05) is 41.4 Å². The standard InChI is InChI=1S/C20H25ClN2O/c1-12-9-13(2)19(14(3)10-12)23-20(24)16(5)22-15(4)17-7-6-8-18(21)11-17/h6-11,15-16,22H,1-5H3,(H,23,24)/p+1/t15-,16+/m0/s1. The first-order chi connectivity index (χ1) is 11.3. The molecule has 24 heavy (non-hydrogen) atoms. The van der Waals surface area contributed by atoms with Crippen LogP contribution in [-0.4, -0.2) is 11.9 Å². The second-order valence-corrected chi connectivity index (χ2v) is 7.02. The highest BCUT2D eigenvalue weighted by Gasteiger charge is 2.21. The fourth-order valence-electron chi connectivity index (χ4n) is 3.04. The SMILES string of the molecule is Cc1cc(C)c(NC(=O)[C@@H](C)[NH2+][C@@H](C)c2cccc(Cl)c2)c(C)c1. The summed E-state index contributed by atoms with van der Waals surface area (Å²) in [5.74, 6) is 0.0129. The largest absolute Gasteiger partial charge is 0.330 e. The van der Waals surface area contributed by atoms with E-state index >= 15 is 0 Å². The lowest BCUT2D eigenvalue weighted by molar-refractivity contribution is -0.709. The summed E-state index contributed by atoms with van der Waals surface area (Å²) in [7, 11) is 0. The molecule has 4 heteroatoms. The van der Waals surface area contributed by atoms with Gasteiger partial charge in [-0.2, -0.15) is 0 Å². The molecule has 0 saturated carbocycles. The van der Waals surface area contributed by atoms with Crippen LogP contribution in [0.5, 0.6) is 0 Å². The molecule has 0 radical (unpaired) electrons. The molecule has 0 bridgehead atoms. The second kappa shape index (κ2) is 7.82. The van der Waals surface area contributed by atoms with Gasteiger partial charge in [-0.3, -0.25) is 4.79 Å². The van der Waals surface area contributed by atoms with Gasteiger partial charge in [0.05, 0.1) is 0 Å². The number of nitrogens with one attached hydrogen (secondary N) is 1. The van der Waals surface area contributed by atoms with Crippen LogP contribution in [0, 0.1) is 20.8 Å². The van der Waals surface area contributed by atoms with Gasteiger partial charge in [0.25, 0.3) is 5.91 Å². The molecule has 0 aliphatic rings. The summed E-state index contributed by atoms with van der Waals surface area (Å²) in [6.07, 6.45) is 0. The van der Waals surface area contributed by atoms with E-state index in [2.05, 4.69) is 36.6 Å². The smallest absolute Gasteiger partial charge is 0.282 e. The van der Waals surface area contributed by atoms with Gasteiger partial charge >= 0.3 is 0 Å². The molecule has 0 fully saturated rings. The third kappa shape index (κ3) is 4.59. The summed E-state index contributed by atoms with van der Waals surface area (Å²) in [6.45, 7) is 10.1. The zero-order chi connectivity index (χ0) is 17.9. The summed E-state index contributed by atoms with van der Waals surface area (Å²) in [5.41, 5.74) is 5.43. The van der Waals surface area contributed by atoms with Crippen molar-refractivity contribution in [2.45, 2.75) is 46.7 Å². The van der Waals surface area contributed by atoms with Crippen molar-refractivity contribution in [3.8, 4) is 0 Å². The zero-order valence-electron chi connectivity index (χ0n) is 15.0. The molecule has 2 aromatic carbocycles. The van der Waals surface area contributed by atoms with Crippen molar-refractivity contribution >= 4 is 23.2 Å². The number of amides is 1. The summed E-state index contributed by atoms with van der Waals surface area (Å²) in [4.78, 5) is 12.6. The predicted molar refractivity (Wildman–Crippen MR) is 101 cm³/mol. The molecule has 2 rings (SSSR count). The van der Waals surface area contributed by atoms with Gasteiger partial charge in [0.1, 0.15) is 6.04 Å². The number of hydrogen-bond donors (Lipinski definition) is 2. The highest BCUT2D eigenvalue weighted by atomic mass is 35.5. The quantitative estimate of drug-likeness (QED) is 0.847. The van der Waals surface area contributed by atoms with Gasteiger partial charge in [0, 0.05) is 16.3 Å². The van der Waals surface area contributed by atoms with Gasteiger partial charge in [-0.05, 0) is 57.9 Å². The molecule has 0 aromatic heterocycles. The maximum absolute atomic E-state index is 12.6. The van der Waals surface area contributed by atoms with Gasteiger partial charge in [0.15, 0.2) is 6.04 Å². The van der Waals surface area contributed by atoms with Crippen LogP contribution >= 0.6 is 11.6 Å². The molecule has 1 amide bonds. The number of rotatable bonds is 5. The van der Waals surface area contributed by atoms with Crippen molar-refractivity contribution in [3.05, 3.63) is 63.7 Å². The number of anilines is 1. The summed E-state index contributed by atoms with van der Waals surface area (Å²) < 4.78 is 0. The van der Waals surface area contributed by atoms with Crippen molar-refractivity contribution in [3.63, 3.8) is 0 Å². The van der Waals surface area contributed by atoms with Crippen LogP contribution in [0.1, 0.15) is 42.1 Å². The highest BCUT2D eigenvalue weighted by molar-refractivity contribution is 6.30. The number of carbonyl (C=O) groups is 1. The molecule has 0 heterocycles. The number of carbonyl (C=O) groups excluding carboxylic acids is 1. The van der Waals surface area contributed by atoms with Crippen LogP contribution in [0.3, 0.4) is 0 Å². The molecule has 0 spiro atoms. The van der Waals surface area contributed by atoms with Crippen molar-refractivity contribution < 1.29 is 10.1 Å². The van der Waals surface area contributed by atoms with E-state index in [1.807, 2.05) is 45.0 Å². The van der Waals surface area contributed by atoms with E-state index in [1.54, 1.807) is 0 Å². The summed E-state index contributed by atoms with van der Waals surface area (Å²) >= 11 is 6.05. The molecule has 2 aromatic rings. The molecular formula is C20H26ClN2O+. The normalized spacial score (nSPS) is 13.4. The first-order valence-electron chi connectivity index (χ1n) is 8.27. The molecule has 0 unspecified atom stereocenters. The van der Waals surface area contributed by atoms with Crippen LogP contribution < -0.4 is 10.6 Å². The fraction of sp³-hybridized carbons (Fsp3) is 0.350. The van der Waals surface area contributed by atoms with Crippen LogP contribution in [0.2, 0.25) is 5.02 Å². The van der Waals surface area contributed by atoms with E-state index in [0.29, 0.717) is 0 Å². The molecule has 0 aliphatic carbocycles. The van der Waals surface area contributed by atoms with Crippen LogP contribution in [0.4, 0.5) is 5.69 Å². The fourth-order valence-corrected chi connectivity index (χ4v) is 3.23. The predicted octanol–water partition coefficient (Wildman–Crippen LogP) is 3.92. The average Bonchev–Trinajstić information content (AvgIpc) is 2.50. The van der Waals surface area contributed by atoms with E-state index in [4.69, 9.17) is 11.6 Å². The Morgan fingerprint density at radius 2 is 1.71 bits per heavy atom. The van der Waals surface area contributed by atoms with Gasteiger partial charge in [0.2, 0.25) is 0 Å². The molecular weight excluding hydrogens is 320 g/mol. The lowest BCUT2D eigenvalue weighted by Crippen LogP contribution is -2.91. The van der Waals surface area contributed by atoms with Crippen LogP contribution in [-0.2, 0) is 4.79 Å². The topological polar surface area (TPSA) is 45.7 Å². The average molecular weight is 346 g/mol. The maximum atomic E-state index is 12.6. The van der Waals surface area contributed by atoms with Crippen molar-refractivity contribution in [2.75, 3.05) is 5.32 Å². The third-order valence-corrected chi connectivity index (χ3v) is 4.53. The lowest BCUT2D eigenvalue weighted by atomic mass is 10.0. The monoisotopic (exact) mass is 345 g/mol. The minimum absolute atomic E-state index is 0.0129. The van der Waals surface area contributed by atoms with E-state index in [-0.39, 0.29) is 18.0 Å². The first-order valence-corrected chi connectivity index (χ1v) is 8.65.